The Kier molecular flexibility index (Phi) is 7.47. The lowest BCUT2D eigenvalue weighted by molar-refractivity contribution is -0.138. The van der Waals surface area contributed by atoms with E-state index in [2.05, 4.69) is 32.2 Å². The van der Waals surface area contributed by atoms with Crippen LogP contribution < -0.4 is 11.1 Å². The summed E-state index contributed by atoms with van der Waals surface area (Å²) in [6, 6.07) is 5.97. The molecular weight excluding hydrogens is 479 g/mol. The van der Waals surface area contributed by atoms with Gasteiger partial charge in [-0.3, -0.25) is 24.1 Å². The van der Waals surface area contributed by atoms with Gasteiger partial charge in [0.2, 0.25) is 11.8 Å². The van der Waals surface area contributed by atoms with Crippen LogP contribution in [0, 0.1) is 0 Å². The summed E-state index contributed by atoms with van der Waals surface area (Å²) >= 11 is 0. The number of nitrogens with one attached hydrogen (secondary N) is 1. The molecule has 0 saturated carbocycles. The van der Waals surface area contributed by atoms with E-state index in [1.807, 2.05) is 0 Å². The highest BCUT2D eigenvalue weighted by Crippen LogP contribution is 2.27. The molecule has 1 aromatic carbocycles. The summed E-state index contributed by atoms with van der Waals surface area (Å²) < 4.78 is 15.7. The lowest BCUT2D eigenvalue weighted by Gasteiger charge is -2.23. The SMILES string of the molecule is C=C/C=C(\C=N/C)NC(=O)[C@@H]1C[C@@H](F)CN1C(=O)Cn1nc(C(N)=O)c2cc(-c3ccnnc3)ccc21. The highest BCUT2D eigenvalue weighted by Gasteiger charge is 2.40. The van der Waals surface area contributed by atoms with Crippen LogP contribution in [-0.4, -0.2) is 74.6 Å². The van der Waals surface area contributed by atoms with Crippen molar-refractivity contribution in [1.29, 1.82) is 0 Å². The minimum absolute atomic E-state index is 0.0104. The molecule has 12 heteroatoms. The number of carbonyl (C=O) groups is 3. The average Bonchev–Trinajstić information content (AvgIpc) is 3.45. The van der Waals surface area contributed by atoms with E-state index in [4.69, 9.17) is 5.73 Å². The maximum Gasteiger partial charge on any atom is 0.269 e. The van der Waals surface area contributed by atoms with Crippen molar-refractivity contribution in [3.63, 3.8) is 0 Å². The molecule has 2 aromatic heterocycles. The number of likely N-dealkylation sites (tertiary alicyclic amines) is 1. The topological polar surface area (TPSA) is 148 Å². The first-order valence-electron chi connectivity index (χ1n) is 11.4. The molecule has 0 spiro atoms. The van der Waals surface area contributed by atoms with Gasteiger partial charge in [0, 0.05) is 30.6 Å². The molecule has 0 bridgehead atoms. The summed E-state index contributed by atoms with van der Waals surface area (Å²) in [7, 11) is 1.54. The largest absolute Gasteiger partial charge is 0.364 e. The summed E-state index contributed by atoms with van der Waals surface area (Å²) in [6.07, 6.45) is 6.05. The molecule has 3 heterocycles. The van der Waals surface area contributed by atoms with Crippen LogP contribution in [0.1, 0.15) is 16.9 Å². The second-order valence-electron chi connectivity index (χ2n) is 8.36. The van der Waals surface area contributed by atoms with Gasteiger partial charge in [0.1, 0.15) is 18.8 Å². The summed E-state index contributed by atoms with van der Waals surface area (Å²) in [5.41, 5.74) is 7.92. The van der Waals surface area contributed by atoms with Gasteiger partial charge in [0.05, 0.1) is 30.2 Å². The van der Waals surface area contributed by atoms with E-state index in [0.717, 1.165) is 11.1 Å². The molecule has 1 fully saturated rings. The van der Waals surface area contributed by atoms with Crippen molar-refractivity contribution < 1.29 is 18.8 Å². The van der Waals surface area contributed by atoms with Crippen LogP contribution in [0.5, 0.6) is 0 Å². The highest BCUT2D eigenvalue weighted by molar-refractivity contribution is 6.05. The van der Waals surface area contributed by atoms with Gasteiger partial charge in [0.25, 0.3) is 5.91 Å². The number of halogens is 1. The van der Waals surface area contributed by atoms with E-state index < -0.39 is 29.9 Å². The van der Waals surface area contributed by atoms with Crippen LogP contribution in [0.25, 0.3) is 22.0 Å². The number of amides is 3. The van der Waals surface area contributed by atoms with E-state index >= 15 is 0 Å². The number of nitrogens with two attached hydrogens (primary N) is 1. The number of aromatic nitrogens is 4. The smallest absolute Gasteiger partial charge is 0.269 e. The number of hydrogen-bond donors (Lipinski definition) is 2. The first-order valence-corrected chi connectivity index (χ1v) is 11.4. The quantitative estimate of drug-likeness (QED) is 0.350. The van der Waals surface area contributed by atoms with Crippen molar-refractivity contribution in [2.75, 3.05) is 13.6 Å². The van der Waals surface area contributed by atoms with E-state index in [1.54, 1.807) is 36.7 Å². The van der Waals surface area contributed by atoms with Crippen LogP contribution in [0.2, 0.25) is 0 Å². The average molecular weight is 505 g/mol. The summed E-state index contributed by atoms with van der Waals surface area (Å²) in [4.78, 5) is 43.3. The van der Waals surface area contributed by atoms with E-state index in [-0.39, 0.29) is 25.2 Å². The molecule has 4 rings (SSSR count). The lowest BCUT2D eigenvalue weighted by atomic mass is 10.0. The predicted molar refractivity (Wildman–Crippen MR) is 135 cm³/mol. The minimum Gasteiger partial charge on any atom is -0.364 e. The standard InChI is InChI=1S/C25H25FN8O3/c1-3-4-18(12-28-2)31-25(37)21-10-17(26)13-33(21)22(35)14-34-20-6-5-15(16-7-8-29-30-11-16)9-19(20)23(32-34)24(27)36/h3-9,11-12,17,21H,1,10,13-14H2,2H3,(H2,27,36)(H,31,37)/b18-4+,28-12-/t17-,21+/m1/s1. The van der Waals surface area contributed by atoms with Gasteiger partial charge < -0.3 is 16.0 Å². The normalized spacial score (nSPS) is 17.9. The fraction of sp³-hybridized carbons (Fsp3) is 0.240. The molecule has 1 aliphatic rings. The van der Waals surface area contributed by atoms with Crippen LogP contribution >= 0.6 is 0 Å². The highest BCUT2D eigenvalue weighted by atomic mass is 19.1. The van der Waals surface area contributed by atoms with E-state index in [9.17, 15) is 18.8 Å². The molecule has 0 aliphatic carbocycles. The molecule has 11 nitrogen and oxygen atoms in total. The fourth-order valence-electron chi connectivity index (χ4n) is 4.26. The first-order chi connectivity index (χ1) is 17.8. The Balaban J connectivity index is 1.61. The predicted octanol–water partition coefficient (Wildman–Crippen LogP) is 1.42. The molecular formula is C25H25FN8O3. The maximum atomic E-state index is 14.4. The van der Waals surface area contributed by atoms with Crippen LogP contribution in [0.4, 0.5) is 4.39 Å². The number of benzene rings is 1. The number of rotatable bonds is 8. The van der Waals surface area contributed by atoms with Gasteiger partial charge in [-0.1, -0.05) is 18.7 Å². The Morgan fingerprint density at radius 3 is 2.76 bits per heavy atom. The molecule has 3 N–H and O–H groups in total. The molecule has 3 amide bonds. The van der Waals surface area contributed by atoms with Crippen molar-refractivity contribution in [2.45, 2.75) is 25.2 Å². The van der Waals surface area contributed by atoms with Crippen molar-refractivity contribution in [3.05, 3.63) is 66.8 Å². The molecule has 37 heavy (non-hydrogen) atoms. The Morgan fingerprint density at radius 1 is 1.27 bits per heavy atom. The number of allylic oxidation sites excluding steroid dienone is 3. The van der Waals surface area contributed by atoms with Crippen molar-refractivity contribution >= 4 is 34.8 Å². The van der Waals surface area contributed by atoms with E-state index in [1.165, 1.54) is 35.0 Å². The molecule has 0 unspecified atom stereocenters. The van der Waals surface area contributed by atoms with Gasteiger partial charge in [-0.15, -0.1) is 0 Å². The summed E-state index contributed by atoms with van der Waals surface area (Å²) in [5, 5.41) is 15.0. The molecule has 3 aromatic rings. The number of hydrogen-bond acceptors (Lipinski definition) is 7. The second-order valence-corrected chi connectivity index (χ2v) is 8.36. The van der Waals surface area contributed by atoms with Gasteiger partial charge in [-0.05, 0) is 29.8 Å². The number of nitrogens with zero attached hydrogens (tertiary/aromatic N) is 6. The molecule has 190 valence electrons. The Bertz CT molecular complexity index is 1420. The first kappa shape index (κ1) is 25.4. The molecule has 1 aliphatic heterocycles. The number of aliphatic imine (C=N–C) groups is 1. The molecule has 0 radical (unpaired) electrons. The maximum absolute atomic E-state index is 14.4. The number of carbonyl (C=O) groups excluding carboxylic acids is 3. The van der Waals surface area contributed by atoms with Gasteiger partial charge in [-0.25, -0.2) is 4.39 Å². The second kappa shape index (κ2) is 10.9. The number of alkyl halides is 1. The lowest BCUT2D eigenvalue weighted by Crippen LogP contribution is -2.47. The zero-order chi connectivity index (χ0) is 26.5. The summed E-state index contributed by atoms with van der Waals surface area (Å²) in [6.45, 7) is 3.04. The third-order valence-corrected chi connectivity index (χ3v) is 5.89. The third-order valence-electron chi connectivity index (χ3n) is 5.89. The van der Waals surface area contributed by atoms with Crippen LogP contribution in [-0.2, 0) is 16.1 Å². The van der Waals surface area contributed by atoms with Crippen LogP contribution in [0.3, 0.4) is 0 Å². The Labute approximate surface area is 211 Å². The van der Waals surface area contributed by atoms with Crippen molar-refractivity contribution in [2.24, 2.45) is 10.7 Å². The van der Waals surface area contributed by atoms with Gasteiger partial charge in [0.15, 0.2) is 5.69 Å². The van der Waals surface area contributed by atoms with Gasteiger partial charge in [-0.2, -0.15) is 15.3 Å². The van der Waals surface area contributed by atoms with Crippen LogP contribution in [0.15, 0.2) is 66.1 Å². The van der Waals surface area contributed by atoms with E-state index in [0.29, 0.717) is 16.6 Å². The third kappa shape index (κ3) is 5.42. The Morgan fingerprint density at radius 2 is 2.08 bits per heavy atom. The summed E-state index contributed by atoms with van der Waals surface area (Å²) in [5.74, 6) is -1.83. The van der Waals surface area contributed by atoms with Gasteiger partial charge >= 0.3 is 0 Å². The molecule has 1 saturated heterocycles. The van der Waals surface area contributed by atoms with Crippen molar-refractivity contribution in [3.8, 4) is 11.1 Å². The molecule has 2 atom stereocenters. The number of primary amides is 1. The monoisotopic (exact) mass is 504 g/mol. The Hall–Kier alpha value is -4.74. The zero-order valence-electron chi connectivity index (χ0n) is 20.0. The van der Waals surface area contributed by atoms with Crippen molar-refractivity contribution in [1.82, 2.24) is 30.2 Å². The zero-order valence-corrected chi connectivity index (χ0v) is 20.0. The number of fused-ring (bicyclic) bond motifs is 1. The fourth-order valence-corrected chi connectivity index (χ4v) is 4.26. The minimum atomic E-state index is -1.36.